The molecule has 4 nitrogen and oxygen atoms in total. The molecule has 1 unspecified atom stereocenters. The van der Waals surface area contributed by atoms with E-state index in [2.05, 4.69) is 16.5 Å². The van der Waals surface area contributed by atoms with E-state index < -0.39 is 0 Å². The standard InChI is InChI=1S/C12H16ClN3O/c1-3-16-10-5-4-8(13)6-9(10)15-12(16)11(7-14)17-2/h4-6,11H,3,7,14H2,1-2H3. The molecule has 2 aromatic rings. The fraction of sp³-hybridized carbons (Fsp3) is 0.417. The van der Waals surface area contributed by atoms with Crippen molar-refractivity contribution in [3.63, 3.8) is 0 Å². The molecule has 0 aliphatic heterocycles. The van der Waals surface area contributed by atoms with Crippen LogP contribution in [0.3, 0.4) is 0 Å². The van der Waals surface area contributed by atoms with Crippen molar-refractivity contribution in [1.82, 2.24) is 9.55 Å². The molecule has 1 atom stereocenters. The number of nitrogens with zero attached hydrogens (tertiary/aromatic N) is 2. The first-order valence-corrected chi connectivity index (χ1v) is 5.97. The second-order valence-corrected chi connectivity index (χ2v) is 4.24. The quantitative estimate of drug-likeness (QED) is 0.910. The summed E-state index contributed by atoms with van der Waals surface area (Å²) in [6, 6.07) is 5.70. The number of hydrogen-bond acceptors (Lipinski definition) is 3. The molecule has 1 heterocycles. The molecular formula is C12H16ClN3O. The molecule has 0 spiro atoms. The molecule has 0 fully saturated rings. The van der Waals surface area contributed by atoms with E-state index in [0.717, 1.165) is 23.4 Å². The third-order valence-corrected chi connectivity index (χ3v) is 3.08. The number of ether oxygens (including phenoxy) is 1. The minimum absolute atomic E-state index is 0.180. The Morgan fingerprint density at radius 2 is 2.29 bits per heavy atom. The van der Waals surface area contributed by atoms with Crippen molar-refractivity contribution in [3.8, 4) is 0 Å². The Balaban J connectivity index is 2.62. The summed E-state index contributed by atoms with van der Waals surface area (Å²) in [4.78, 5) is 4.56. The minimum Gasteiger partial charge on any atom is -0.372 e. The lowest BCUT2D eigenvalue weighted by Gasteiger charge is -2.14. The van der Waals surface area contributed by atoms with Gasteiger partial charge in [-0.3, -0.25) is 0 Å². The summed E-state index contributed by atoms with van der Waals surface area (Å²) < 4.78 is 7.45. The molecular weight excluding hydrogens is 238 g/mol. The molecule has 1 aromatic heterocycles. The lowest BCUT2D eigenvalue weighted by atomic mass is 10.3. The maximum Gasteiger partial charge on any atom is 0.140 e. The highest BCUT2D eigenvalue weighted by Crippen LogP contribution is 2.24. The van der Waals surface area contributed by atoms with Crippen LogP contribution in [0, 0.1) is 0 Å². The summed E-state index contributed by atoms with van der Waals surface area (Å²) in [5, 5.41) is 0.687. The maximum absolute atomic E-state index is 5.97. The number of hydrogen-bond donors (Lipinski definition) is 1. The van der Waals surface area contributed by atoms with Crippen LogP contribution >= 0.6 is 11.6 Å². The second kappa shape index (κ2) is 5.04. The fourth-order valence-electron chi connectivity index (χ4n) is 2.01. The first-order chi connectivity index (χ1) is 8.21. The van der Waals surface area contributed by atoms with Crippen LogP contribution in [0.2, 0.25) is 5.02 Å². The number of imidazole rings is 1. The molecule has 92 valence electrons. The van der Waals surface area contributed by atoms with Gasteiger partial charge in [-0.25, -0.2) is 4.98 Å². The fourth-order valence-corrected chi connectivity index (χ4v) is 2.17. The number of aryl methyl sites for hydroxylation is 1. The van der Waals surface area contributed by atoms with Crippen molar-refractivity contribution < 1.29 is 4.74 Å². The maximum atomic E-state index is 5.97. The van der Waals surface area contributed by atoms with Gasteiger partial charge >= 0.3 is 0 Å². The highest BCUT2D eigenvalue weighted by atomic mass is 35.5. The molecule has 2 N–H and O–H groups in total. The van der Waals surface area contributed by atoms with E-state index in [1.807, 2.05) is 18.2 Å². The number of halogens is 1. The summed E-state index contributed by atoms with van der Waals surface area (Å²) in [6.45, 7) is 3.31. The molecule has 0 amide bonds. The predicted molar refractivity (Wildman–Crippen MR) is 69.2 cm³/mol. The van der Waals surface area contributed by atoms with E-state index in [9.17, 15) is 0 Å². The third kappa shape index (κ3) is 2.16. The third-order valence-electron chi connectivity index (χ3n) is 2.84. The molecule has 2 rings (SSSR count). The Morgan fingerprint density at radius 3 is 2.88 bits per heavy atom. The summed E-state index contributed by atoms with van der Waals surface area (Å²) in [7, 11) is 1.64. The van der Waals surface area contributed by atoms with Gasteiger partial charge in [-0.05, 0) is 25.1 Å². The van der Waals surface area contributed by atoms with Gasteiger partial charge in [0, 0.05) is 25.2 Å². The number of benzene rings is 1. The van der Waals surface area contributed by atoms with Crippen LogP contribution in [0.5, 0.6) is 0 Å². The predicted octanol–water partition coefficient (Wildman–Crippen LogP) is 2.36. The van der Waals surface area contributed by atoms with E-state index in [-0.39, 0.29) is 6.10 Å². The monoisotopic (exact) mass is 253 g/mol. The molecule has 0 bridgehead atoms. The molecule has 0 saturated heterocycles. The molecule has 0 aliphatic carbocycles. The van der Waals surface area contributed by atoms with Crippen molar-refractivity contribution in [2.24, 2.45) is 5.73 Å². The summed E-state index contributed by atoms with van der Waals surface area (Å²) in [5.41, 5.74) is 7.62. The van der Waals surface area contributed by atoms with Gasteiger partial charge in [0.1, 0.15) is 11.9 Å². The van der Waals surface area contributed by atoms with Gasteiger partial charge in [0.15, 0.2) is 0 Å². The average Bonchev–Trinajstić information content (AvgIpc) is 2.68. The van der Waals surface area contributed by atoms with E-state index in [0.29, 0.717) is 11.6 Å². The van der Waals surface area contributed by atoms with Crippen LogP contribution in [0.25, 0.3) is 11.0 Å². The van der Waals surface area contributed by atoms with Gasteiger partial charge in [-0.15, -0.1) is 0 Å². The molecule has 17 heavy (non-hydrogen) atoms. The van der Waals surface area contributed by atoms with Crippen molar-refractivity contribution in [3.05, 3.63) is 29.0 Å². The normalized spacial score (nSPS) is 13.2. The molecule has 5 heteroatoms. The molecule has 0 saturated carbocycles. The van der Waals surface area contributed by atoms with Gasteiger partial charge in [-0.1, -0.05) is 11.6 Å². The molecule has 1 aromatic carbocycles. The Labute approximate surface area is 105 Å². The first kappa shape index (κ1) is 12.4. The summed E-state index contributed by atoms with van der Waals surface area (Å²) in [6.07, 6.45) is -0.180. The van der Waals surface area contributed by atoms with Crippen LogP contribution in [0.15, 0.2) is 18.2 Å². The van der Waals surface area contributed by atoms with Crippen LogP contribution in [-0.4, -0.2) is 23.2 Å². The van der Waals surface area contributed by atoms with Gasteiger partial charge in [0.2, 0.25) is 0 Å². The van der Waals surface area contributed by atoms with Gasteiger partial charge in [0.05, 0.1) is 11.0 Å². The van der Waals surface area contributed by atoms with Gasteiger partial charge in [0.25, 0.3) is 0 Å². The highest BCUT2D eigenvalue weighted by molar-refractivity contribution is 6.31. The number of methoxy groups -OCH3 is 1. The topological polar surface area (TPSA) is 53.1 Å². The van der Waals surface area contributed by atoms with Crippen molar-refractivity contribution >= 4 is 22.6 Å². The number of rotatable bonds is 4. The smallest absolute Gasteiger partial charge is 0.140 e. The van der Waals surface area contributed by atoms with E-state index >= 15 is 0 Å². The van der Waals surface area contributed by atoms with Crippen molar-refractivity contribution in [2.45, 2.75) is 19.6 Å². The van der Waals surface area contributed by atoms with Crippen LogP contribution in [0.1, 0.15) is 18.9 Å². The molecule has 0 radical (unpaired) electrons. The second-order valence-electron chi connectivity index (χ2n) is 3.81. The number of nitrogens with two attached hydrogens (primary N) is 1. The minimum atomic E-state index is -0.180. The zero-order chi connectivity index (χ0) is 12.4. The summed E-state index contributed by atoms with van der Waals surface area (Å²) >= 11 is 5.97. The Kier molecular flexibility index (Phi) is 3.66. The van der Waals surface area contributed by atoms with E-state index in [1.54, 1.807) is 7.11 Å². The zero-order valence-corrected chi connectivity index (χ0v) is 10.7. The summed E-state index contributed by atoms with van der Waals surface area (Å²) in [5.74, 6) is 0.856. The Morgan fingerprint density at radius 1 is 1.53 bits per heavy atom. The largest absolute Gasteiger partial charge is 0.372 e. The SMILES string of the molecule is CCn1c(C(CN)OC)nc2cc(Cl)ccc21. The van der Waals surface area contributed by atoms with E-state index in [4.69, 9.17) is 22.1 Å². The van der Waals surface area contributed by atoms with Crippen molar-refractivity contribution in [2.75, 3.05) is 13.7 Å². The van der Waals surface area contributed by atoms with Crippen LogP contribution in [0.4, 0.5) is 0 Å². The molecule has 0 aliphatic rings. The highest BCUT2D eigenvalue weighted by Gasteiger charge is 2.17. The van der Waals surface area contributed by atoms with Crippen molar-refractivity contribution in [1.29, 1.82) is 0 Å². The Hall–Kier alpha value is -1.10. The number of aromatic nitrogens is 2. The zero-order valence-electron chi connectivity index (χ0n) is 9.98. The van der Waals surface area contributed by atoms with Crippen LogP contribution < -0.4 is 5.73 Å². The lowest BCUT2D eigenvalue weighted by molar-refractivity contribution is 0.100. The van der Waals surface area contributed by atoms with E-state index in [1.165, 1.54) is 0 Å². The lowest BCUT2D eigenvalue weighted by Crippen LogP contribution is -2.18. The number of fused-ring (bicyclic) bond motifs is 1. The Bertz CT molecular complexity index is 520. The average molecular weight is 254 g/mol. The van der Waals surface area contributed by atoms with Gasteiger partial charge in [-0.2, -0.15) is 0 Å². The first-order valence-electron chi connectivity index (χ1n) is 5.59. The van der Waals surface area contributed by atoms with Gasteiger partial charge < -0.3 is 15.0 Å². The van der Waals surface area contributed by atoms with Crippen LogP contribution in [-0.2, 0) is 11.3 Å².